The molecule has 2 aliphatic rings. The molecular formula is C29H26N4O2S. The monoisotopic (exact) mass is 494 g/mol. The molecule has 3 heterocycles. The summed E-state index contributed by atoms with van der Waals surface area (Å²) in [5.41, 5.74) is 4.64. The van der Waals surface area contributed by atoms with E-state index in [1.807, 2.05) is 36.4 Å². The zero-order valence-electron chi connectivity index (χ0n) is 20.0. The van der Waals surface area contributed by atoms with Crippen molar-refractivity contribution in [1.82, 2.24) is 10.2 Å². The molecule has 4 aromatic rings. The van der Waals surface area contributed by atoms with Crippen LogP contribution in [-0.4, -0.2) is 49.9 Å². The van der Waals surface area contributed by atoms with Gasteiger partial charge in [0.25, 0.3) is 11.8 Å². The second kappa shape index (κ2) is 9.26. The van der Waals surface area contributed by atoms with Crippen LogP contribution < -0.4 is 15.5 Å². The van der Waals surface area contributed by atoms with Crippen LogP contribution in [-0.2, 0) is 4.79 Å². The number of imide groups is 1. The van der Waals surface area contributed by atoms with Crippen LogP contribution in [0.3, 0.4) is 0 Å². The highest BCUT2D eigenvalue weighted by atomic mass is 32.1. The molecule has 6 nitrogen and oxygen atoms in total. The first-order valence-electron chi connectivity index (χ1n) is 12.0. The molecule has 0 unspecified atom stereocenters. The molecule has 2 N–H and O–H groups in total. The van der Waals surface area contributed by atoms with E-state index in [2.05, 4.69) is 57.8 Å². The number of amides is 2. The summed E-state index contributed by atoms with van der Waals surface area (Å²) in [4.78, 5) is 31.2. The van der Waals surface area contributed by atoms with Crippen molar-refractivity contribution in [2.45, 2.75) is 0 Å². The number of carbonyl (C=O) groups excluding carboxylic acids is 2. The van der Waals surface area contributed by atoms with Gasteiger partial charge in [-0.15, -0.1) is 11.3 Å². The number of hydrogen-bond acceptors (Lipinski definition) is 6. The molecule has 1 aromatic heterocycles. The van der Waals surface area contributed by atoms with E-state index >= 15 is 0 Å². The lowest BCUT2D eigenvalue weighted by atomic mass is 9.93. The highest BCUT2D eigenvalue weighted by molar-refractivity contribution is 7.22. The number of thiophene rings is 1. The smallest absolute Gasteiger partial charge is 0.260 e. The number of piperazine rings is 1. The Labute approximate surface area is 213 Å². The predicted octanol–water partition coefficient (Wildman–Crippen LogP) is 5.04. The SMILES string of the molecule is CN1CCN(c2ccc(NC=C3C(=O)NC(=O)c4ccc(-c5cc6ccccc6s5)cc43)cc2)CC1. The highest BCUT2D eigenvalue weighted by Crippen LogP contribution is 2.36. The van der Waals surface area contributed by atoms with Gasteiger partial charge < -0.3 is 15.1 Å². The van der Waals surface area contributed by atoms with Crippen molar-refractivity contribution in [2.75, 3.05) is 43.4 Å². The minimum atomic E-state index is -0.400. The highest BCUT2D eigenvalue weighted by Gasteiger charge is 2.28. The number of benzene rings is 3. The van der Waals surface area contributed by atoms with Crippen molar-refractivity contribution >= 4 is 50.2 Å². The lowest BCUT2D eigenvalue weighted by molar-refractivity contribution is -0.114. The van der Waals surface area contributed by atoms with Crippen LogP contribution in [0.4, 0.5) is 11.4 Å². The van der Waals surface area contributed by atoms with Crippen molar-refractivity contribution in [3.05, 3.63) is 90.1 Å². The first-order valence-corrected chi connectivity index (χ1v) is 12.9. The molecular weight excluding hydrogens is 468 g/mol. The molecule has 0 atom stereocenters. The summed E-state index contributed by atoms with van der Waals surface area (Å²) in [5, 5.41) is 6.91. The third-order valence-electron chi connectivity index (χ3n) is 6.85. The van der Waals surface area contributed by atoms with E-state index in [-0.39, 0.29) is 5.91 Å². The molecule has 2 aliphatic heterocycles. The van der Waals surface area contributed by atoms with Gasteiger partial charge in [0.2, 0.25) is 0 Å². The molecule has 0 bridgehead atoms. The quantitative estimate of drug-likeness (QED) is 0.307. The van der Waals surface area contributed by atoms with Gasteiger partial charge in [-0.2, -0.15) is 0 Å². The van der Waals surface area contributed by atoms with Crippen molar-refractivity contribution in [1.29, 1.82) is 0 Å². The molecule has 1 fully saturated rings. The molecule has 6 rings (SSSR count). The summed E-state index contributed by atoms with van der Waals surface area (Å²) < 4.78 is 1.21. The predicted molar refractivity (Wildman–Crippen MR) is 147 cm³/mol. The number of nitrogens with one attached hydrogen (secondary N) is 2. The lowest BCUT2D eigenvalue weighted by Crippen LogP contribution is -2.44. The molecule has 7 heteroatoms. The third kappa shape index (κ3) is 4.27. The number of fused-ring (bicyclic) bond motifs is 2. The first kappa shape index (κ1) is 22.5. The van der Waals surface area contributed by atoms with Gasteiger partial charge in [-0.25, -0.2) is 0 Å². The van der Waals surface area contributed by atoms with Crippen molar-refractivity contribution in [2.24, 2.45) is 0 Å². The van der Waals surface area contributed by atoms with E-state index < -0.39 is 5.91 Å². The molecule has 180 valence electrons. The average Bonchev–Trinajstić information content (AvgIpc) is 3.34. The summed E-state index contributed by atoms with van der Waals surface area (Å²) in [6, 6.07) is 24.3. The van der Waals surface area contributed by atoms with E-state index in [1.165, 1.54) is 15.8 Å². The minimum absolute atomic E-state index is 0.369. The Balaban J connectivity index is 1.28. The summed E-state index contributed by atoms with van der Waals surface area (Å²) in [5.74, 6) is -0.769. The van der Waals surface area contributed by atoms with Crippen LogP contribution in [0.2, 0.25) is 0 Å². The van der Waals surface area contributed by atoms with Gasteiger partial charge in [-0.1, -0.05) is 24.3 Å². The zero-order valence-corrected chi connectivity index (χ0v) is 20.8. The van der Waals surface area contributed by atoms with Gasteiger partial charge in [0.05, 0.1) is 5.57 Å². The van der Waals surface area contributed by atoms with E-state index in [0.717, 1.165) is 42.3 Å². The zero-order chi connectivity index (χ0) is 24.6. The number of anilines is 2. The van der Waals surface area contributed by atoms with Gasteiger partial charge >= 0.3 is 0 Å². The fourth-order valence-electron chi connectivity index (χ4n) is 4.73. The molecule has 36 heavy (non-hydrogen) atoms. The Hall–Kier alpha value is -3.94. The maximum Gasteiger partial charge on any atom is 0.260 e. The molecule has 0 spiro atoms. The Morgan fingerprint density at radius 3 is 2.42 bits per heavy atom. The van der Waals surface area contributed by atoms with Crippen molar-refractivity contribution in [3.8, 4) is 10.4 Å². The minimum Gasteiger partial charge on any atom is -0.369 e. The normalized spacial score (nSPS) is 17.4. The summed E-state index contributed by atoms with van der Waals surface area (Å²) in [6.07, 6.45) is 1.69. The van der Waals surface area contributed by atoms with Crippen LogP contribution >= 0.6 is 11.3 Å². The molecule has 0 saturated carbocycles. The number of hydrogen-bond donors (Lipinski definition) is 2. The van der Waals surface area contributed by atoms with Crippen molar-refractivity contribution in [3.63, 3.8) is 0 Å². The van der Waals surface area contributed by atoms with Crippen LogP contribution in [0.25, 0.3) is 26.1 Å². The maximum absolute atomic E-state index is 12.8. The topological polar surface area (TPSA) is 64.7 Å². The van der Waals surface area contributed by atoms with Crippen LogP contribution in [0, 0.1) is 0 Å². The fraction of sp³-hybridized carbons (Fsp3) is 0.172. The Morgan fingerprint density at radius 1 is 0.861 bits per heavy atom. The van der Waals surface area contributed by atoms with Gasteiger partial charge in [-0.05, 0) is 66.5 Å². The summed E-state index contributed by atoms with van der Waals surface area (Å²) in [6.45, 7) is 4.15. The Morgan fingerprint density at radius 2 is 1.64 bits per heavy atom. The largest absolute Gasteiger partial charge is 0.369 e. The van der Waals surface area contributed by atoms with Crippen LogP contribution in [0.1, 0.15) is 15.9 Å². The molecule has 0 radical (unpaired) electrons. The number of likely N-dealkylation sites (N-methyl/N-ethyl adjacent to an activating group) is 1. The first-order chi connectivity index (χ1) is 17.5. The second-order valence-corrected chi connectivity index (χ2v) is 10.3. The Bertz CT molecular complexity index is 1460. The fourth-order valence-corrected chi connectivity index (χ4v) is 5.79. The van der Waals surface area contributed by atoms with Crippen LogP contribution in [0.5, 0.6) is 0 Å². The summed E-state index contributed by atoms with van der Waals surface area (Å²) >= 11 is 1.70. The third-order valence-corrected chi connectivity index (χ3v) is 8.02. The molecule has 1 saturated heterocycles. The molecule has 2 amide bonds. The number of nitrogens with zero attached hydrogens (tertiary/aromatic N) is 2. The van der Waals surface area contributed by atoms with Gasteiger partial charge in [0.1, 0.15) is 0 Å². The van der Waals surface area contributed by atoms with E-state index in [4.69, 9.17) is 0 Å². The maximum atomic E-state index is 12.8. The summed E-state index contributed by atoms with van der Waals surface area (Å²) in [7, 11) is 2.15. The van der Waals surface area contributed by atoms with Crippen molar-refractivity contribution < 1.29 is 9.59 Å². The Kier molecular flexibility index (Phi) is 5.79. The van der Waals surface area contributed by atoms with E-state index in [1.54, 1.807) is 23.6 Å². The van der Waals surface area contributed by atoms with Crippen LogP contribution in [0.15, 0.2) is 79.0 Å². The number of carbonyl (C=O) groups is 2. The van der Waals surface area contributed by atoms with Gasteiger partial charge in [0, 0.05) is 64.5 Å². The average molecular weight is 495 g/mol. The van der Waals surface area contributed by atoms with Gasteiger partial charge in [0.15, 0.2) is 0 Å². The number of rotatable bonds is 4. The second-order valence-electron chi connectivity index (χ2n) is 9.23. The van der Waals surface area contributed by atoms with E-state index in [9.17, 15) is 9.59 Å². The van der Waals surface area contributed by atoms with E-state index in [0.29, 0.717) is 16.7 Å². The standard InChI is InChI=1S/C29H26N4O2S/c1-32-12-14-33(15-13-32)22-9-7-21(8-10-22)30-18-25-24-16-20(6-11-23(24)28(34)31-29(25)35)27-17-19-4-2-3-5-26(19)36-27/h2-11,16-18,30H,12-15H2,1H3,(H,31,34,35). The molecule has 3 aromatic carbocycles. The lowest BCUT2D eigenvalue weighted by Gasteiger charge is -2.34. The molecule has 0 aliphatic carbocycles. The van der Waals surface area contributed by atoms with Gasteiger partial charge in [-0.3, -0.25) is 14.9 Å².